The van der Waals surface area contributed by atoms with E-state index in [1.165, 1.54) is 0 Å². The second-order valence-electron chi connectivity index (χ2n) is 6.05. The van der Waals surface area contributed by atoms with Gasteiger partial charge in [0.15, 0.2) is 0 Å². The zero-order chi connectivity index (χ0) is 15.7. The fourth-order valence-electron chi connectivity index (χ4n) is 2.43. The van der Waals surface area contributed by atoms with Crippen molar-refractivity contribution in [3.63, 3.8) is 0 Å². The molecular formula is C16H17N5O. The fourth-order valence-corrected chi connectivity index (χ4v) is 2.43. The molecule has 0 saturated carbocycles. The van der Waals surface area contributed by atoms with E-state index >= 15 is 0 Å². The Morgan fingerprint density at radius 2 is 2.00 bits per heavy atom. The second kappa shape index (κ2) is 5.26. The van der Waals surface area contributed by atoms with Crippen LogP contribution >= 0.6 is 0 Å². The van der Waals surface area contributed by atoms with Gasteiger partial charge in [-0.25, -0.2) is 4.68 Å². The molecule has 1 saturated heterocycles. The molecule has 0 unspecified atom stereocenters. The average Bonchev–Trinajstić information content (AvgIpc) is 2.96. The maximum Gasteiger partial charge on any atom is 0.242 e. The highest BCUT2D eigenvalue weighted by Gasteiger charge is 2.40. The van der Waals surface area contributed by atoms with Crippen LogP contribution in [-0.2, 0) is 4.79 Å². The average molecular weight is 295 g/mol. The standard InChI is InChI=1S/C16H17N5O/c1-16(2,11-17)15(22)20-8-13(9-20)21-10-14(18-19-21)12-6-4-3-5-7-12/h3-7,10,13H,8-9H2,1-2H3. The molecule has 1 aromatic carbocycles. The Morgan fingerprint density at radius 1 is 1.32 bits per heavy atom. The van der Waals surface area contributed by atoms with Gasteiger partial charge in [-0.2, -0.15) is 5.26 Å². The van der Waals surface area contributed by atoms with Gasteiger partial charge in [-0.05, 0) is 13.8 Å². The fraction of sp³-hybridized carbons (Fsp3) is 0.375. The van der Waals surface area contributed by atoms with Crippen LogP contribution in [0, 0.1) is 16.7 Å². The lowest BCUT2D eigenvalue weighted by Gasteiger charge is -2.41. The number of hydrogen-bond acceptors (Lipinski definition) is 4. The quantitative estimate of drug-likeness (QED) is 0.866. The number of aromatic nitrogens is 3. The molecule has 2 aromatic rings. The summed E-state index contributed by atoms with van der Waals surface area (Å²) >= 11 is 0. The van der Waals surface area contributed by atoms with Crippen LogP contribution in [0.25, 0.3) is 11.3 Å². The Morgan fingerprint density at radius 3 is 2.64 bits per heavy atom. The van der Waals surface area contributed by atoms with E-state index < -0.39 is 5.41 Å². The molecule has 1 aliphatic rings. The lowest BCUT2D eigenvalue weighted by atomic mass is 9.91. The topological polar surface area (TPSA) is 74.8 Å². The first kappa shape index (κ1) is 14.3. The van der Waals surface area contributed by atoms with Crippen molar-refractivity contribution in [3.05, 3.63) is 36.5 Å². The monoisotopic (exact) mass is 295 g/mol. The van der Waals surface area contributed by atoms with Crippen molar-refractivity contribution in [3.8, 4) is 17.3 Å². The first-order valence-electron chi connectivity index (χ1n) is 7.19. The van der Waals surface area contributed by atoms with E-state index in [0.717, 1.165) is 11.3 Å². The third-order valence-electron chi connectivity index (χ3n) is 3.92. The smallest absolute Gasteiger partial charge is 0.242 e. The first-order chi connectivity index (χ1) is 10.5. The summed E-state index contributed by atoms with van der Waals surface area (Å²) in [6.45, 7) is 4.43. The number of rotatable bonds is 3. The van der Waals surface area contributed by atoms with Gasteiger partial charge in [-0.1, -0.05) is 35.5 Å². The van der Waals surface area contributed by atoms with Crippen LogP contribution in [0.15, 0.2) is 36.5 Å². The highest BCUT2D eigenvalue weighted by atomic mass is 16.2. The van der Waals surface area contributed by atoms with Crippen molar-refractivity contribution >= 4 is 5.91 Å². The number of carbonyl (C=O) groups excluding carboxylic acids is 1. The normalized spacial score (nSPS) is 15.2. The predicted octanol–water partition coefficient (Wildman–Crippen LogP) is 1.88. The van der Waals surface area contributed by atoms with Crippen LogP contribution in [0.2, 0.25) is 0 Å². The molecule has 0 N–H and O–H groups in total. The van der Waals surface area contributed by atoms with Crippen LogP contribution < -0.4 is 0 Å². The van der Waals surface area contributed by atoms with Crippen LogP contribution in [0.1, 0.15) is 19.9 Å². The van der Waals surface area contributed by atoms with Crippen LogP contribution in [0.3, 0.4) is 0 Å². The summed E-state index contributed by atoms with van der Waals surface area (Å²) in [4.78, 5) is 13.8. The van der Waals surface area contributed by atoms with E-state index in [0.29, 0.717) is 13.1 Å². The lowest BCUT2D eigenvalue weighted by Crippen LogP contribution is -2.54. The van der Waals surface area contributed by atoms with Crippen molar-refractivity contribution in [1.82, 2.24) is 19.9 Å². The minimum Gasteiger partial charge on any atom is -0.337 e. The molecular weight excluding hydrogens is 278 g/mol. The molecule has 1 aromatic heterocycles. The number of carbonyl (C=O) groups is 1. The molecule has 1 aliphatic heterocycles. The number of nitrogens with zero attached hydrogens (tertiary/aromatic N) is 5. The highest BCUT2D eigenvalue weighted by Crippen LogP contribution is 2.27. The van der Waals surface area contributed by atoms with Crippen molar-refractivity contribution < 1.29 is 4.79 Å². The van der Waals surface area contributed by atoms with Gasteiger partial charge in [-0.3, -0.25) is 4.79 Å². The van der Waals surface area contributed by atoms with Gasteiger partial charge < -0.3 is 4.90 Å². The summed E-state index contributed by atoms with van der Waals surface area (Å²) in [5.74, 6) is -0.130. The van der Waals surface area contributed by atoms with Crippen LogP contribution in [0.5, 0.6) is 0 Å². The molecule has 0 radical (unpaired) electrons. The second-order valence-corrected chi connectivity index (χ2v) is 6.05. The molecule has 0 atom stereocenters. The number of amides is 1. The van der Waals surface area contributed by atoms with Gasteiger partial charge >= 0.3 is 0 Å². The van der Waals surface area contributed by atoms with E-state index in [9.17, 15) is 4.79 Å². The maximum absolute atomic E-state index is 12.1. The van der Waals surface area contributed by atoms with E-state index in [-0.39, 0.29) is 11.9 Å². The Kier molecular flexibility index (Phi) is 3.41. The minimum absolute atomic E-state index is 0.128. The van der Waals surface area contributed by atoms with Gasteiger partial charge in [0.1, 0.15) is 11.1 Å². The molecule has 1 fully saturated rings. The minimum atomic E-state index is -0.970. The lowest BCUT2D eigenvalue weighted by molar-refractivity contribution is -0.143. The summed E-state index contributed by atoms with van der Waals surface area (Å²) < 4.78 is 1.80. The Bertz CT molecular complexity index is 722. The third kappa shape index (κ3) is 2.46. The number of nitriles is 1. The Labute approximate surface area is 129 Å². The van der Waals surface area contributed by atoms with Gasteiger partial charge in [0.25, 0.3) is 0 Å². The van der Waals surface area contributed by atoms with Gasteiger partial charge in [0, 0.05) is 18.7 Å². The third-order valence-corrected chi connectivity index (χ3v) is 3.92. The summed E-state index contributed by atoms with van der Waals surface area (Å²) in [6.07, 6.45) is 1.90. The molecule has 112 valence electrons. The summed E-state index contributed by atoms with van der Waals surface area (Å²) in [5.41, 5.74) is 0.872. The SMILES string of the molecule is CC(C)(C#N)C(=O)N1CC(n2cc(-c3ccccc3)nn2)C1. The molecule has 22 heavy (non-hydrogen) atoms. The van der Waals surface area contributed by atoms with Gasteiger partial charge in [-0.15, -0.1) is 5.10 Å². The molecule has 6 nitrogen and oxygen atoms in total. The van der Waals surface area contributed by atoms with Crippen molar-refractivity contribution in [2.24, 2.45) is 5.41 Å². The van der Waals surface area contributed by atoms with Crippen molar-refractivity contribution in [1.29, 1.82) is 5.26 Å². The highest BCUT2D eigenvalue weighted by molar-refractivity contribution is 5.85. The molecule has 6 heteroatoms. The van der Waals surface area contributed by atoms with Crippen molar-refractivity contribution in [2.75, 3.05) is 13.1 Å². The summed E-state index contributed by atoms with van der Waals surface area (Å²) in [6, 6.07) is 12.0. The summed E-state index contributed by atoms with van der Waals surface area (Å²) in [7, 11) is 0. The largest absolute Gasteiger partial charge is 0.337 e. The van der Waals surface area contributed by atoms with Crippen LogP contribution in [0.4, 0.5) is 0 Å². The maximum atomic E-state index is 12.1. The molecule has 3 rings (SSSR count). The molecule has 2 heterocycles. The van der Waals surface area contributed by atoms with E-state index in [1.807, 2.05) is 42.6 Å². The Hall–Kier alpha value is -2.68. The molecule has 1 amide bonds. The molecule has 0 spiro atoms. The number of benzene rings is 1. The van der Waals surface area contributed by atoms with E-state index in [4.69, 9.17) is 5.26 Å². The van der Waals surface area contributed by atoms with E-state index in [1.54, 1.807) is 23.4 Å². The van der Waals surface area contributed by atoms with Crippen molar-refractivity contribution in [2.45, 2.75) is 19.9 Å². The van der Waals surface area contributed by atoms with E-state index in [2.05, 4.69) is 10.3 Å². The number of hydrogen-bond donors (Lipinski definition) is 0. The zero-order valence-electron chi connectivity index (χ0n) is 12.6. The zero-order valence-corrected chi connectivity index (χ0v) is 12.6. The van der Waals surface area contributed by atoms with Gasteiger partial charge in [0.05, 0.1) is 18.3 Å². The predicted molar refractivity (Wildman–Crippen MR) is 80.5 cm³/mol. The molecule has 0 aliphatic carbocycles. The molecule has 0 bridgehead atoms. The summed E-state index contributed by atoms with van der Waals surface area (Å²) in [5, 5.41) is 17.4. The first-order valence-corrected chi connectivity index (χ1v) is 7.19. The van der Waals surface area contributed by atoms with Crippen LogP contribution in [-0.4, -0.2) is 38.9 Å². The Balaban J connectivity index is 1.66. The van der Waals surface area contributed by atoms with Gasteiger partial charge in [0.2, 0.25) is 5.91 Å². The number of likely N-dealkylation sites (tertiary alicyclic amines) is 1.